The van der Waals surface area contributed by atoms with Crippen LogP contribution < -0.4 is 5.32 Å². The first-order valence-electron chi connectivity index (χ1n) is 7.08. The molecule has 1 aromatic heterocycles. The van der Waals surface area contributed by atoms with Crippen LogP contribution in [0.25, 0.3) is 11.3 Å². The third-order valence-corrected chi connectivity index (χ3v) is 3.41. The lowest BCUT2D eigenvalue weighted by Crippen LogP contribution is -1.97. The van der Waals surface area contributed by atoms with Crippen molar-refractivity contribution in [2.45, 2.75) is 6.54 Å². The second kappa shape index (κ2) is 6.27. The molecule has 0 bridgehead atoms. The molecule has 0 aliphatic rings. The van der Waals surface area contributed by atoms with Crippen LogP contribution >= 0.6 is 0 Å². The SMILES string of the molecule is O=C(O)c1ccc(-c2ccc(CNc3ccccc3)o2)cc1O. The Hall–Kier alpha value is -3.21. The Balaban J connectivity index is 1.74. The van der Waals surface area contributed by atoms with Crippen molar-refractivity contribution in [3.05, 3.63) is 72.0 Å². The van der Waals surface area contributed by atoms with Crippen LogP contribution in [0.5, 0.6) is 5.75 Å². The van der Waals surface area contributed by atoms with Crippen molar-refractivity contribution in [1.82, 2.24) is 0 Å². The number of carbonyl (C=O) groups is 1. The van der Waals surface area contributed by atoms with Crippen molar-refractivity contribution < 1.29 is 19.4 Å². The number of anilines is 1. The standard InChI is InChI=1S/C18H15NO4/c20-16-10-12(6-8-15(16)18(21)22)17-9-7-14(23-17)11-19-13-4-2-1-3-5-13/h1-10,19-20H,11H2,(H,21,22). The minimum atomic E-state index is -1.17. The van der Waals surface area contributed by atoms with Gasteiger partial charge in [-0.25, -0.2) is 4.79 Å². The van der Waals surface area contributed by atoms with Gasteiger partial charge in [0.2, 0.25) is 0 Å². The Morgan fingerprint density at radius 1 is 1.04 bits per heavy atom. The van der Waals surface area contributed by atoms with Gasteiger partial charge in [-0.2, -0.15) is 0 Å². The number of benzene rings is 2. The molecule has 5 nitrogen and oxygen atoms in total. The molecule has 5 heteroatoms. The van der Waals surface area contributed by atoms with Gasteiger partial charge in [0, 0.05) is 11.3 Å². The highest BCUT2D eigenvalue weighted by atomic mass is 16.4. The fourth-order valence-corrected chi connectivity index (χ4v) is 2.24. The van der Waals surface area contributed by atoms with Gasteiger partial charge >= 0.3 is 5.97 Å². The topological polar surface area (TPSA) is 82.7 Å². The predicted molar refractivity (Wildman–Crippen MR) is 86.5 cm³/mol. The number of aromatic hydroxyl groups is 1. The van der Waals surface area contributed by atoms with Gasteiger partial charge in [0.25, 0.3) is 0 Å². The zero-order chi connectivity index (χ0) is 16.2. The first-order chi connectivity index (χ1) is 11.1. The second-order valence-electron chi connectivity index (χ2n) is 5.02. The molecular formula is C18H15NO4. The molecule has 0 saturated heterocycles. The number of carboxylic acids is 1. The van der Waals surface area contributed by atoms with E-state index in [0.29, 0.717) is 17.9 Å². The van der Waals surface area contributed by atoms with Crippen LogP contribution in [0, 0.1) is 0 Å². The van der Waals surface area contributed by atoms with Crippen molar-refractivity contribution in [2.24, 2.45) is 0 Å². The van der Waals surface area contributed by atoms with Gasteiger partial charge in [-0.15, -0.1) is 0 Å². The van der Waals surface area contributed by atoms with E-state index in [-0.39, 0.29) is 11.3 Å². The van der Waals surface area contributed by atoms with E-state index in [4.69, 9.17) is 9.52 Å². The lowest BCUT2D eigenvalue weighted by molar-refractivity contribution is 0.0694. The van der Waals surface area contributed by atoms with Gasteiger partial charge in [-0.05, 0) is 36.4 Å². The van der Waals surface area contributed by atoms with E-state index in [1.165, 1.54) is 12.1 Å². The molecule has 3 rings (SSSR count). The molecule has 3 N–H and O–H groups in total. The van der Waals surface area contributed by atoms with E-state index in [2.05, 4.69) is 5.32 Å². The maximum atomic E-state index is 10.9. The average Bonchev–Trinajstić information content (AvgIpc) is 3.02. The number of phenols is 1. The minimum Gasteiger partial charge on any atom is -0.507 e. The Morgan fingerprint density at radius 3 is 2.52 bits per heavy atom. The molecular weight excluding hydrogens is 294 g/mol. The van der Waals surface area contributed by atoms with Gasteiger partial charge in [-0.1, -0.05) is 24.3 Å². The monoisotopic (exact) mass is 309 g/mol. The second-order valence-corrected chi connectivity index (χ2v) is 5.02. The summed E-state index contributed by atoms with van der Waals surface area (Å²) in [6.07, 6.45) is 0. The smallest absolute Gasteiger partial charge is 0.339 e. The lowest BCUT2D eigenvalue weighted by Gasteiger charge is -2.04. The van der Waals surface area contributed by atoms with Crippen molar-refractivity contribution in [1.29, 1.82) is 0 Å². The first-order valence-corrected chi connectivity index (χ1v) is 7.08. The Morgan fingerprint density at radius 2 is 1.83 bits per heavy atom. The van der Waals surface area contributed by atoms with Crippen LogP contribution in [-0.2, 0) is 6.54 Å². The average molecular weight is 309 g/mol. The molecule has 116 valence electrons. The van der Waals surface area contributed by atoms with Crippen molar-refractivity contribution in [3.63, 3.8) is 0 Å². The number of hydrogen-bond acceptors (Lipinski definition) is 4. The third kappa shape index (κ3) is 3.35. The fraction of sp³-hybridized carbons (Fsp3) is 0.0556. The maximum Gasteiger partial charge on any atom is 0.339 e. The molecule has 0 fully saturated rings. The van der Waals surface area contributed by atoms with Gasteiger partial charge < -0.3 is 19.9 Å². The zero-order valence-corrected chi connectivity index (χ0v) is 12.2. The molecule has 3 aromatic rings. The van der Waals surface area contributed by atoms with E-state index in [0.717, 1.165) is 11.4 Å². The minimum absolute atomic E-state index is 0.133. The number of carboxylic acid groups (broad SMARTS) is 1. The van der Waals surface area contributed by atoms with Crippen molar-refractivity contribution in [3.8, 4) is 17.1 Å². The summed E-state index contributed by atoms with van der Waals surface area (Å²) >= 11 is 0. The highest BCUT2D eigenvalue weighted by Gasteiger charge is 2.12. The molecule has 0 aliphatic carbocycles. The van der Waals surface area contributed by atoms with E-state index in [1.807, 2.05) is 36.4 Å². The summed E-state index contributed by atoms with van der Waals surface area (Å²) in [5, 5.41) is 21.9. The molecule has 0 aliphatic heterocycles. The number of aromatic carboxylic acids is 1. The Bertz CT molecular complexity index is 824. The van der Waals surface area contributed by atoms with Gasteiger partial charge in [0.1, 0.15) is 22.8 Å². The molecule has 0 saturated carbocycles. The molecule has 23 heavy (non-hydrogen) atoms. The first kappa shape index (κ1) is 14.7. The molecule has 0 radical (unpaired) electrons. The number of nitrogens with one attached hydrogen (secondary N) is 1. The van der Waals surface area contributed by atoms with Gasteiger partial charge in [-0.3, -0.25) is 0 Å². The Kier molecular flexibility index (Phi) is 4.01. The number of para-hydroxylation sites is 1. The Labute approximate surface area is 132 Å². The van der Waals surface area contributed by atoms with Crippen LogP contribution in [0.2, 0.25) is 0 Å². The van der Waals surface area contributed by atoms with Crippen LogP contribution in [0.15, 0.2) is 65.1 Å². The van der Waals surface area contributed by atoms with E-state index >= 15 is 0 Å². The molecule has 0 amide bonds. The van der Waals surface area contributed by atoms with Crippen molar-refractivity contribution >= 4 is 11.7 Å². The van der Waals surface area contributed by atoms with E-state index in [9.17, 15) is 9.90 Å². The third-order valence-electron chi connectivity index (χ3n) is 3.41. The number of rotatable bonds is 5. The molecule has 0 spiro atoms. The number of furan rings is 1. The summed E-state index contributed by atoms with van der Waals surface area (Å²) in [6, 6.07) is 17.8. The quantitative estimate of drug-likeness (QED) is 0.664. The highest BCUT2D eigenvalue weighted by Crippen LogP contribution is 2.28. The maximum absolute atomic E-state index is 10.9. The van der Waals surface area contributed by atoms with E-state index < -0.39 is 5.97 Å². The largest absolute Gasteiger partial charge is 0.507 e. The van der Waals surface area contributed by atoms with Crippen LogP contribution in [0.1, 0.15) is 16.1 Å². The van der Waals surface area contributed by atoms with Crippen LogP contribution in [0.4, 0.5) is 5.69 Å². The summed E-state index contributed by atoms with van der Waals surface area (Å²) in [4.78, 5) is 10.9. The summed E-state index contributed by atoms with van der Waals surface area (Å²) in [5.41, 5.74) is 1.48. The normalized spacial score (nSPS) is 10.4. The van der Waals surface area contributed by atoms with Gasteiger partial charge in [0.15, 0.2) is 0 Å². The zero-order valence-electron chi connectivity index (χ0n) is 12.2. The van der Waals surface area contributed by atoms with E-state index in [1.54, 1.807) is 12.1 Å². The van der Waals surface area contributed by atoms with Crippen molar-refractivity contribution in [2.75, 3.05) is 5.32 Å². The molecule has 1 heterocycles. The number of hydrogen-bond donors (Lipinski definition) is 3. The molecule has 2 aromatic carbocycles. The molecule has 0 unspecified atom stereocenters. The summed E-state index contributed by atoms with van der Waals surface area (Å²) in [7, 11) is 0. The summed E-state index contributed by atoms with van der Waals surface area (Å²) in [5.74, 6) is -0.135. The predicted octanol–water partition coefficient (Wildman–Crippen LogP) is 3.96. The molecule has 0 atom stereocenters. The fourth-order valence-electron chi connectivity index (χ4n) is 2.24. The lowest BCUT2D eigenvalue weighted by atomic mass is 10.1. The summed E-state index contributed by atoms with van der Waals surface area (Å²) < 4.78 is 5.73. The van der Waals surface area contributed by atoms with Crippen LogP contribution in [0.3, 0.4) is 0 Å². The van der Waals surface area contributed by atoms with Gasteiger partial charge in [0.05, 0.1) is 6.54 Å². The van der Waals surface area contributed by atoms with Crippen LogP contribution in [-0.4, -0.2) is 16.2 Å². The highest BCUT2D eigenvalue weighted by molar-refractivity contribution is 5.91. The summed E-state index contributed by atoms with van der Waals surface area (Å²) in [6.45, 7) is 0.531.